The summed E-state index contributed by atoms with van der Waals surface area (Å²) in [6.07, 6.45) is 1.24. The van der Waals surface area contributed by atoms with Crippen molar-refractivity contribution in [1.29, 1.82) is 0 Å². The summed E-state index contributed by atoms with van der Waals surface area (Å²) in [5.74, 6) is -1.67. The van der Waals surface area contributed by atoms with E-state index in [1.165, 1.54) is 16.8 Å². The van der Waals surface area contributed by atoms with E-state index in [4.69, 9.17) is 0 Å². The van der Waals surface area contributed by atoms with Gasteiger partial charge >= 0.3 is 5.97 Å². The molecule has 0 fully saturated rings. The number of carboxylic acids is 1. The minimum atomic E-state index is -1.31. The Morgan fingerprint density at radius 2 is 1.90 bits per heavy atom. The fourth-order valence-corrected chi connectivity index (χ4v) is 2.01. The van der Waals surface area contributed by atoms with Crippen molar-refractivity contribution >= 4 is 11.9 Å². The fourth-order valence-electron chi connectivity index (χ4n) is 2.01. The molecule has 0 saturated heterocycles. The lowest BCUT2D eigenvalue weighted by Crippen LogP contribution is -2.54. The zero-order chi connectivity index (χ0) is 16.0. The van der Waals surface area contributed by atoms with E-state index in [-0.39, 0.29) is 24.1 Å². The number of carboxylic acid groups (broad SMARTS) is 1. The number of nitrogens with zero attached hydrogens (tertiary/aromatic N) is 2. The second-order valence-corrected chi connectivity index (χ2v) is 4.83. The van der Waals surface area contributed by atoms with Crippen molar-refractivity contribution in [2.45, 2.75) is 52.1 Å². The highest BCUT2D eigenvalue weighted by Crippen LogP contribution is 2.16. The highest BCUT2D eigenvalue weighted by atomic mass is 16.4. The van der Waals surface area contributed by atoms with Crippen LogP contribution in [0, 0.1) is 0 Å². The maximum atomic E-state index is 12.2. The number of carbonyl (C=O) groups excluding carboxylic acids is 1. The van der Waals surface area contributed by atoms with E-state index in [2.05, 4.69) is 10.4 Å². The molecule has 0 saturated carbocycles. The number of nitrogens with one attached hydrogen (secondary N) is 1. The summed E-state index contributed by atoms with van der Waals surface area (Å²) in [4.78, 5) is 35.1. The summed E-state index contributed by atoms with van der Waals surface area (Å²) in [6, 6.07) is 2.57. The minimum Gasteiger partial charge on any atom is -0.480 e. The first-order chi connectivity index (χ1) is 9.90. The Labute approximate surface area is 123 Å². The molecule has 1 heterocycles. The quantitative estimate of drug-likeness (QED) is 0.782. The molecule has 0 spiro atoms. The van der Waals surface area contributed by atoms with Gasteiger partial charge in [-0.05, 0) is 25.3 Å². The van der Waals surface area contributed by atoms with Crippen LogP contribution in [0.2, 0.25) is 0 Å². The van der Waals surface area contributed by atoms with Gasteiger partial charge in [-0.15, -0.1) is 0 Å². The Morgan fingerprint density at radius 1 is 1.29 bits per heavy atom. The molecule has 0 bridgehead atoms. The average Bonchev–Trinajstić information content (AvgIpc) is 2.46. The number of hydrogen-bond donors (Lipinski definition) is 2. The molecule has 7 heteroatoms. The molecular formula is C14H21N3O4. The van der Waals surface area contributed by atoms with Crippen LogP contribution in [-0.4, -0.2) is 32.3 Å². The molecule has 0 aliphatic rings. The molecule has 1 amide bonds. The summed E-state index contributed by atoms with van der Waals surface area (Å²) in [5.41, 5.74) is -1.57. The summed E-state index contributed by atoms with van der Waals surface area (Å²) < 4.78 is 1.20. The van der Waals surface area contributed by atoms with Gasteiger partial charge in [-0.3, -0.25) is 9.59 Å². The minimum absolute atomic E-state index is 0.0376. The maximum Gasteiger partial charge on any atom is 0.329 e. The Balaban J connectivity index is 3.06. The zero-order valence-corrected chi connectivity index (χ0v) is 12.5. The number of rotatable bonds is 7. The standard InChI is InChI=1S/C14H21N3O4/c1-4-9-17-11(18)8-7-10(16-17)12(19)15-14(5-2,6-3)13(20)21/h7-8H,4-6,9H2,1-3H3,(H,15,19)(H,20,21). The Hall–Kier alpha value is -2.18. The first-order valence-corrected chi connectivity index (χ1v) is 7.04. The summed E-state index contributed by atoms with van der Waals surface area (Å²) in [5, 5.41) is 15.8. The van der Waals surface area contributed by atoms with Crippen LogP contribution in [0.15, 0.2) is 16.9 Å². The van der Waals surface area contributed by atoms with Gasteiger partial charge in [0.1, 0.15) is 11.2 Å². The molecule has 0 unspecified atom stereocenters. The lowest BCUT2D eigenvalue weighted by atomic mass is 9.93. The van der Waals surface area contributed by atoms with Crippen LogP contribution in [0.25, 0.3) is 0 Å². The monoisotopic (exact) mass is 295 g/mol. The molecule has 2 N–H and O–H groups in total. The smallest absolute Gasteiger partial charge is 0.329 e. The van der Waals surface area contributed by atoms with Gasteiger partial charge in [0.15, 0.2) is 0 Å². The Morgan fingerprint density at radius 3 is 2.38 bits per heavy atom. The third kappa shape index (κ3) is 3.68. The molecule has 1 aromatic rings. The van der Waals surface area contributed by atoms with Gasteiger partial charge in [-0.2, -0.15) is 5.10 Å². The molecule has 0 aliphatic heterocycles. The molecule has 1 aromatic heterocycles. The van der Waals surface area contributed by atoms with E-state index >= 15 is 0 Å². The lowest BCUT2D eigenvalue weighted by Gasteiger charge is -2.27. The second-order valence-electron chi connectivity index (χ2n) is 4.83. The van der Waals surface area contributed by atoms with Gasteiger partial charge in [-0.25, -0.2) is 9.48 Å². The van der Waals surface area contributed by atoms with Crippen molar-refractivity contribution in [3.63, 3.8) is 0 Å². The van der Waals surface area contributed by atoms with Crippen LogP contribution in [0.4, 0.5) is 0 Å². The van der Waals surface area contributed by atoms with Gasteiger partial charge in [0, 0.05) is 12.6 Å². The maximum absolute atomic E-state index is 12.2. The first kappa shape index (κ1) is 16.9. The van der Waals surface area contributed by atoms with E-state index in [1.807, 2.05) is 6.92 Å². The van der Waals surface area contributed by atoms with E-state index in [0.29, 0.717) is 13.0 Å². The SMILES string of the molecule is CCCn1nc(C(=O)NC(CC)(CC)C(=O)O)ccc1=O. The predicted octanol–water partition coefficient (Wildman–Crippen LogP) is 1.03. The second kappa shape index (κ2) is 7.01. The molecule has 0 aromatic carbocycles. The van der Waals surface area contributed by atoms with E-state index < -0.39 is 17.4 Å². The van der Waals surface area contributed by atoms with Crippen LogP contribution in [-0.2, 0) is 11.3 Å². The van der Waals surface area contributed by atoms with Gasteiger partial charge in [0.25, 0.3) is 11.5 Å². The van der Waals surface area contributed by atoms with Crippen molar-refractivity contribution in [3.05, 3.63) is 28.2 Å². The molecule has 7 nitrogen and oxygen atoms in total. The Bertz CT molecular complexity index is 576. The molecule has 21 heavy (non-hydrogen) atoms. The third-order valence-electron chi connectivity index (χ3n) is 3.50. The number of hydrogen-bond acceptors (Lipinski definition) is 4. The number of aryl methyl sites for hydroxylation is 1. The van der Waals surface area contributed by atoms with Crippen molar-refractivity contribution in [2.24, 2.45) is 0 Å². The van der Waals surface area contributed by atoms with Gasteiger partial charge in [-0.1, -0.05) is 20.8 Å². The lowest BCUT2D eigenvalue weighted by molar-refractivity contribution is -0.144. The first-order valence-electron chi connectivity index (χ1n) is 7.04. The van der Waals surface area contributed by atoms with Crippen molar-refractivity contribution in [2.75, 3.05) is 0 Å². The topological polar surface area (TPSA) is 101 Å². The molecule has 0 radical (unpaired) electrons. The van der Waals surface area contributed by atoms with Crippen LogP contribution in [0.1, 0.15) is 50.5 Å². The van der Waals surface area contributed by atoms with Crippen molar-refractivity contribution in [1.82, 2.24) is 15.1 Å². The van der Waals surface area contributed by atoms with Crippen LogP contribution in [0.3, 0.4) is 0 Å². The van der Waals surface area contributed by atoms with E-state index in [1.54, 1.807) is 13.8 Å². The van der Waals surface area contributed by atoms with Crippen LogP contribution in [0.5, 0.6) is 0 Å². The molecule has 116 valence electrons. The summed E-state index contributed by atoms with van der Waals surface area (Å²) in [7, 11) is 0. The molecular weight excluding hydrogens is 274 g/mol. The average molecular weight is 295 g/mol. The number of carbonyl (C=O) groups is 2. The third-order valence-corrected chi connectivity index (χ3v) is 3.50. The largest absolute Gasteiger partial charge is 0.480 e. The fraction of sp³-hybridized carbons (Fsp3) is 0.571. The van der Waals surface area contributed by atoms with Gasteiger partial charge < -0.3 is 10.4 Å². The Kier molecular flexibility index (Phi) is 5.63. The zero-order valence-electron chi connectivity index (χ0n) is 12.5. The van der Waals surface area contributed by atoms with Crippen LogP contribution < -0.4 is 10.9 Å². The normalized spacial score (nSPS) is 11.2. The predicted molar refractivity (Wildman–Crippen MR) is 77.2 cm³/mol. The highest BCUT2D eigenvalue weighted by molar-refractivity contribution is 5.96. The van der Waals surface area contributed by atoms with Gasteiger partial charge in [0.05, 0.1) is 0 Å². The molecule has 1 rings (SSSR count). The van der Waals surface area contributed by atoms with Crippen molar-refractivity contribution in [3.8, 4) is 0 Å². The van der Waals surface area contributed by atoms with Crippen molar-refractivity contribution < 1.29 is 14.7 Å². The molecule has 0 aliphatic carbocycles. The summed E-state index contributed by atoms with van der Waals surface area (Å²) in [6.45, 7) is 5.70. The number of amides is 1. The highest BCUT2D eigenvalue weighted by Gasteiger charge is 2.36. The molecule has 0 atom stereocenters. The van der Waals surface area contributed by atoms with E-state index in [9.17, 15) is 19.5 Å². The number of aromatic nitrogens is 2. The van der Waals surface area contributed by atoms with Gasteiger partial charge in [0.2, 0.25) is 0 Å². The van der Waals surface area contributed by atoms with E-state index in [0.717, 1.165) is 0 Å². The number of aliphatic carboxylic acids is 1. The van der Waals surface area contributed by atoms with Crippen LogP contribution >= 0.6 is 0 Å². The summed E-state index contributed by atoms with van der Waals surface area (Å²) >= 11 is 0.